The van der Waals surface area contributed by atoms with Crippen molar-refractivity contribution in [3.63, 3.8) is 0 Å². The smallest absolute Gasteiger partial charge is 0.189 e. The number of nitrogens with two attached hydrogens (primary N) is 1. The van der Waals surface area contributed by atoms with E-state index in [-0.39, 0.29) is 10.9 Å². The van der Waals surface area contributed by atoms with Crippen molar-refractivity contribution < 1.29 is 21.9 Å². The molecule has 2 aliphatic rings. The molecule has 34 heavy (non-hydrogen) atoms. The summed E-state index contributed by atoms with van der Waals surface area (Å²) in [5, 5.41) is 0. The molecule has 0 amide bonds. The molecule has 1 aliphatic carbocycles. The fourth-order valence-corrected chi connectivity index (χ4v) is 6.27. The van der Waals surface area contributed by atoms with Gasteiger partial charge in [-0.2, -0.15) is 0 Å². The molecule has 1 aliphatic heterocycles. The molecule has 2 fully saturated rings. The van der Waals surface area contributed by atoms with Crippen LogP contribution < -0.4 is 10.6 Å². The number of rotatable bonds is 5. The van der Waals surface area contributed by atoms with Crippen molar-refractivity contribution in [3.05, 3.63) is 65.9 Å². The molecule has 0 bridgehead atoms. The maximum Gasteiger partial charge on any atom is 0.189 e. The first-order valence-electron chi connectivity index (χ1n) is 11.0. The second-order valence-electron chi connectivity index (χ2n) is 8.75. The Hall–Kier alpha value is -3.11. The van der Waals surface area contributed by atoms with Crippen molar-refractivity contribution in [2.45, 2.75) is 35.4 Å². The van der Waals surface area contributed by atoms with Gasteiger partial charge in [0.2, 0.25) is 0 Å². The minimum atomic E-state index is -4.05. The van der Waals surface area contributed by atoms with Crippen molar-refractivity contribution in [2.75, 3.05) is 30.4 Å². The summed E-state index contributed by atoms with van der Waals surface area (Å²) in [6.45, 7) is 3.66. The summed E-state index contributed by atoms with van der Waals surface area (Å²) in [6, 6.07) is 11.4. The molecule has 1 aromatic heterocycles. The van der Waals surface area contributed by atoms with Gasteiger partial charge in [0.05, 0.1) is 29.8 Å². The Bertz CT molecular complexity index is 1340. The summed E-state index contributed by atoms with van der Waals surface area (Å²) < 4.78 is 58.8. The van der Waals surface area contributed by atoms with Crippen molar-refractivity contribution >= 4 is 21.3 Å². The summed E-state index contributed by atoms with van der Waals surface area (Å²) in [5.41, 5.74) is 7.44. The van der Waals surface area contributed by atoms with Crippen LogP contribution in [0.2, 0.25) is 0 Å². The molecule has 0 radical (unpaired) electrons. The average Bonchev–Trinajstić information content (AvgIpc) is 3.64. The lowest BCUT2D eigenvalue weighted by atomic mass is 10.1. The zero-order valence-electron chi connectivity index (χ0n) is 18.5. The van der Waals surface area contributed by atoms with Crippen LogP contribution in [-0.2, 0) is 19.3 Å². The highest BCUT2D eigenvalue weighted by Gasteiger charge is 2.58. The maximum absolute atomic E-state index is 13.9. The van der Waals surface area contributed by atoms with Crippen LogP contribution in [0.25, 0.3) is 11.4 Å². The Labute approximate surface area is 196 Å². The second kappa shape index (κ2) is 8.28. The van der Waals surface area contributed by atoms with E-state index in [4.69, 9.17) is 15.5 Å². The van der Waals surface area contributed by atoms with Gasteiger partial charge < -0.3 is 15.4 Å². The Kier molecular flexibility index (Phi) is 5.52. The SMILES string of the molecule is C[C@H]1COCCN1c1cc(C2(S(=O)(=O)c3ccc(F)c(F)c3)CC2)nc(-c2ccc(N)cc2)n1. The third kappa shape index (κ3) is 3.80. The molecule has 10 heteroatoms. The number of hydrogen-bond donors (Lipinski definition) is 1. The van der Waals surface area contributed by atoms with E-state index in [0.29, 0.717) is 61.2 Å². The Balaban J connectivity index is 1.65. The first kappa shape index (κ1) is 22.7. The van der Waals surface area contributed by atoms with Crippen LogP contribution in [0.1, 0.15) is 25.5 Å². The van der Waals surface area contributed by atoms with E-state index in [0.717, 1.165) is 18.2 Å². The predicted molar refractivity (Wildman–Crippen MR) is 124 cm³/mol. The van der Waals surface area contributed by atoms with Crippen molar-refractivity contribution in [3.8, 4) is 11.4 Å². The van der Waals surface area contributed by atoms with Crippen molar-refractivity contribution in [1.82, 2.24) is 9.97 Å². The van der Waals surface area contributed by atoms with Crippen LogP contribution in [-0.4, -0.2) is 44.2 Å². The molecule has 1 atom stereocenters. The van der Waals surface area contributed by atoms with E-state index in [2.05, 4.69) is 9.88 Å². The van der Waals surface area contributed by atoms with Crippen molar-refractivity contribution in [2.24, 2.45) is 0 Å². The lowest BCUT2D eigenvalue weighted by molar-refractivity contribution is 0.0985. The van der Waals surface area contributed by atoms with Gasteiger partial charge in [-0.05, 0) is 62.2 Å². The fourth-order valence-electron chi connectivity index (χ4n) is 4.29. The summed E-state index contributed by atoms with van der Waals surface area (Å²) in [4.78, 5) is 11.2. The number of morpholine rings is 1. The van der Waals surface area contributed by atoms with Gasteiger partial charge in [0.15, 0.2) is 27.3 Å². The number of nitrogen functional groups attached to an aromatic ring is 1. The minimum Gasteiger partial charge on any atom is -0.399 e. The van der Waals surface area contributed by atoms with Gasteiger partial charge in [0.1, 0.15) is 10.6 Å². The number of halogens is 2. The Morgan fingerprint density at radius 3 is 2.44 bits per heavy atom. The fraction of sp³-hybridized carbons (Fsp3) is 0.333. The zero-order valence-corrected chi connectivity index (χ0v) is 19.4. The molecule has 2 heterocycles. The molecule has 7 nitrogen and oxygen atoms in total. The van der Waals surface area contributed by atoms with Crippen molar-refractivity contribution in [1.29, 1.82) is 0 Å². The second-order valence-corrected chi connectivity index (χ2v) is 11.0. The van der Waals surface area contributed by atoms with E-state index < -0.39 is 26.2 Å². The number of sulfone groups is 1. The average molecular weight is 487 g/mol. The minimum absolute atomic E-state index is 0.0359. The quantitative estimate of drug-likeness (QED) is 0.434. The third-order valence-corrected chi connectivity index (χ3v) is 8.95. The maximum atomic E-state index is 13.9. The van der Waals surface area contributed by atoms with Gasteiger partial charge in [-0.25, -0.2) is 27.2 Å². The zero-order chi connectivity index (χ0) is 24.1. The van der Waals surface area contributed by atoms with Crippen LogP contribution >= 0.6 is 0 Å². The van der Waals surface area contributed by atoms with Gasteiger partial charge >= 0.3 is 0 Å². The Morgan fingerprint density at radius 2 is 1.79 bits per heavy atom. The van der Waals surface area contributed by atoms with Gasteiger partial charge in [0, 0.05) is 23.9 Å². The highest BCUT2D eigenvalue weighted by Crippen LogP contribution is 2.55. The third-order valence-electron chi connectivity index (χ3n) is 6.43. The molecule has 2 aromatic carbocycles. The highest BCUT2D eigenvalue weighted by molar-refractivity contribution is 7.92. The van der Waals surface area contributed by atoms with E-state index in [1.165, 1.54) is 0 Å². The van der Waals surface area contributed by atoms with Crippen LogP contribution in [0.4, 0.5) is 20.3 Å². The van der Waals surface area contributed by atoms with Crippen LogP contribution in [0.5, 0.6) is 0 Å². The monoisotopic (exact) mass is 486 g/mol. The molecular weight excluding hydrogens is 462 g/mol. The molecule has 1 saturated carbocycles. The predicted octanol–water partition coefficient (Wildman–Crippen LogP) is 3.69. The topological polar surface area (TPSA) is 98.4 Å². The number of benzene rings is 2. The number of nitrogens with zero attached hydrogens (tertiary/aromatic N) is 3. The van der Waals surface area contributed by atoms with Gasteiger partial charge in [-0.15, -0.1) is 0 Å². The van der Waals surface area contributed by atoms with E-state index in [1.807, 2.05) is 6.92 Å². The summed E-state index contributed by atoms with van der Waals surface area (Å²) >= 11 is 0. The Morgan fingerprint density at radius 1 is 1.06 bits per heavy atom. The number of anilines is 2. The molecular formula is C24H24F2N4O3S. The summed E-state index contributed by atoms with van der Waals surface area (Å²) in [7, 11) is -4.05. The normalized spacial score (nSPS) is 19.7. The molecule has 5 rings (SSSR count). The van der Waals surface area contributed by atoms with Gasteiger partial charge in [-0.3, -0.25) is 0 Å². The van der Waals surface area contributed by atoms with E-state index in [9.17, 15) is 17.2 Å². The van der Waals surface area contributed by atoms with Gasteiger partial charge in [-0.1, -0.05) is 0 Å². The van der Waals surface area contributed by atoms with Crippen LogP contribution in [0.3, 0.4) is 0 Å². The molecule has 2 N–H and O–H groups in total. The van der Waals surface area contributed by atoms with Crippen LogP contribution in [0.15, 0.2) is 53.4 Å². The molecule has 178 valence electrons. The summed E-state index contributed by atoms with van der Waals surface area (Å²) in [5.74, 6) is -1.33. The highest BCUT2D eigenvalue weighted by atomic mass is 32.2. The lowest BCUT2D eigenvalue weighted by Crippen LogP contribution is -2.44. The number of aromatic nitrogens is 2. The van der Waals surface area contributed by atoms with E-state index in [1.54, 1.807) is 30.3 Å². The molecule has 0 unspecified atom stereocenters. The van der Waals surface area contributed by atoms with Crippen LogP contribution in [0, 0.1) is 11.6 Å². The molecule has 0 spiro atoms. The summed E-state index contributed by atoms with van der Waals surface area (Å²) in [6.07, 6.45) is 0.648. The standard InChI is InChI=1S/C24H24F2N4O3S/c1-15-14-33-11-10-30(15)22-13-21(28-23(29-22)16-2-4-17(27)5-3-16)24(8-9-24)34(31,32)18-6-7-19(25)20(26)12-18/h2-7,12-13,15H,8-11,14,27H2,1H3/t15-/m0/s1. The molecule has 3 aromatic rings. The number of hydrogen-bond acceptors (Lipinski definition) is 7. The first-order valence-corrected chi connectivity index (χ1v) is 12.5. The molecule has 1 saturated heterocycles. The largest absolute Gasteiger partial charge is 0.399 e. The lowest BCUT2D eigenvalue weighted by Gasteiger charge is -2.34. The van der Waals surface area contributed by atoms with Gasteiger partial charge in [0.25, 0.3) is 0 Å². The first-order chi connectivity index (χ1) is 16.2. The number of ether oxygens (including phenoxy) is 1. The van der Waals surface area contributed by atoms with E-state index >= 15 is 0 Å².